The van der Waals surface area contributed by atoms with Crippen molar-refractivity contribution in [1.82, 2.24) is 10.2 Å². The molecule has 0 aromatic heterocycles. The van der Waals surface area contributed by atoms with Crippen LogP contribution in [0.25, 0.3) is 0 Å². The maximum absolute atomic E-state index is 3.87. The highest BCUT2D eigenvalue weighted by Crippen LogP contribution is 2.28. The number of nitrogens with one attached hydrogen (secondary N) is 1. The summed E-state index contributed by atoms with van der Waals surface area (Å²) in [7, 11) is 4.44. The Morgan fingerprint density at radius 2 is 1.70 bits per heavy atom. The van der Waals surface area contributed by atoms with Gasteiger partial charge in [0.1, 0.15) is 0 Å². The number of rotatable bonds is 7. The van der Waals surface area contributed by atoms with Gasteiger partial charge in [-0.3, -0.25) is 0 Å². The van der Waals surface area contributed by atoms with Crippen molar-refractivity contribution in [3.8, 4) is 0 Å². The highest BCUT2D eigenvalue weighted by atomic mass is 15.1. The van der Waals surface area contributed by atoms with Crippen LogP contribution < -0.4 is 5.32 Å². The topological polar surface area (TPSA) is 15.3 Å². The molecule has 0 aromatic rings. The zero-order valence-electron chi connectivity index (χ0n) is 14.8. The third-order valence-corrected chi connectivity index (χ3v) is 5.07. The molecule has 1 N–H and O–H groups in total. The molecule has 2 nitrogen and oxygen atoms in total. The number of nitrogens with zero attached hydrogens (tertiary/aromatic N) is 1. The first-order valence-corrected chi connectivity index (χ1v) is 8.80. The zero-order valence-corrected chi connectivity index (χ0v) is 14.8. The van der Waals surface area contributed by atoms with Gasteiger partial charge >= 0.3 is 0 Å². The molecule has 1 aliphatic rings. The summed E-state index contributed by atoms with van der Waals surface area (Å²) in [6, 6.07) is 1.44. The molecule has 20 heavy (non-hydrogen) atoms. The predicted molar refractivity (Wildman–Crippen MR) is 90.1 cm³/mol. The van der Waals surface area contributed by atoms with Gasteiger partial charge in [-0.15, -0.1) is 0 Å². The number of hydrogen-bond acceptors (Lipinski definition) is 2. The smallest absolute Gasteiger partial charge is 0.0217 e. The van der Waals surface area contributed by atoms with E-state index in [9.17, 15) is 0 Å². The summed E-state index contributed by atoms with van der Waals surface area (Å²) < 4.78 is 0. The third-order valence-electron chi connectivity index (χ3n) is 5.07. The summed E-state index contributed by atoms with van der Waals surface area (Å²) in [5.74, 6) is 2.61. The van der Waals surface area contributed by atoms with Crippen LogP contribution >= 0.6 is 0 Å². The van der Waals surface area contributed by atoms with E-state index in [0.29, 0.717) is 6.04 Å². The van der Waals surface area contributed by atoms with Gasteiger partial charge in [0.15, 0.2) is 0 Å². The van der Waals surface area contributed by atoms with Crippen molar-refractivity contribution in [2.45, 2.75) is 78.3 Å². The minimum Gasteiger partial charge on any atom is -0.312 e. The van der Waals surface area contributed by atoms with Gasteiger partial charge < -0.3 is 10.2 Å². The van der Waals surface area contributed by atoms with Crippen molar-refractivity contribution in [2.75, 3.05) is 20.6 Å². The summed E-state index contributed by atoms with van der Waals surface area (Å²) in [4.78, 5) is 2.39. The molecule has 0 saturated heterocycles. The molecule has 3 unspecified atom stereocenters. The van der Waals surface area contributed by atoms with E-state index in [0.717, 1.165) is 30.3 Å². The average molecular weight is 283 g/mol. The molecule has 0 amide bonds. The van der Waals surface area contributed by atoms with E-state index in [-0.39, 0.29) is 0 Å². The quantitative estimate of drug-likeness (QED) is 0.705. The van der Waals surface area contributed by atoms with Crippen molar-refractivity contribution in [3.05, 3.63) is 0 Å². The van der Waals surface area contributed by atoms with Crippen molar-refractivity contribution in [1.29, 1.82) is 0 Å². The van der Waals surface area contributed by atoms with E-state index < -0.39 is 0 Å². The van der Waals surface area contributed by atoms with Crippen LogP contribution in [0.4, 0.5) is 0 Å². The lowest BCUT2D eigenvalue weighted by Gasteiger charge is -2.28. The van der Waals surface area contributed by atoms with E-state index in [4.69, 9.17) is 0 Å². The van der Waals surface area contributed by atoms with Crippen molar-refractivity contribution in [3.63, 3.8) is 0 Å². The Kier molecular flexibility index (Phi) is 8.13. The van der Waals surface area contributed by atoms with E-state index >= 15 is 0 Å². The van der Waals surface area contributed by atoms with Crippen LogP contribution in [0.5, 0.6) is 0 Å². The minimum atomic E-state index is 0.680. The van der Waals surface area contributed by atoms with Crippen LogP contribution in [0.3, 0.4) is 0 Å². The summed E-state index contributed by atoms with van der Waals surface area (Å²) in [5, 5.41) is 3.87. The van der Waals surface area contributed by atoms with E-state index in [2.05, 4.69) is 52.0 Å². The monoisotopic (exact) mass is 282 g/mol. The van der Waals surface area contributed by atoms with Crippen LogP contribution in [-0.4, -0.2) is 37.6 Å². The van der Waals surface area contributed by atoms with Crippen LogP contribution in [0, 0.1) is 17.8 Å². The Hall–Kier alpha value is -0.0800. The first-order valence-electron chi connectivity index (χ1n) is 8.80. The predicted octanol–water partition coefficient (Wildman–Crippen LogP) is 4.16. The molecule has 0 aliphatic heterocycles. The van der Waals surface area contributed by atoms with Gasteiger partial charge in [0, 0.05) is 18.6 Å². The average Bonchev–Trinajstić information content (AvgIpc) is 2.59. The normalized spacial score (nSPS) is 26.2. The molecule has 0 radical (unpaired) electrons. The molecule has 1 aliphatic carbocycles. The highest BCUT2D eigenvalue weighted by molar-refractivity contribution is 4.79. The lowest BCUT2D eigenvalue weighted by Crippen LogP contribution is -2.42. The van der Waals surface area contributed by atoms with E-state index in [1.165, 1.54) is 38.5 Å². The van der Waals surface area contributed by atoms with Crippen LogP contribution in [0.1, 0.15) is 66.2 Å². The Bertz CT molecular complexity index is 248. The molecule has 120 valence electrons. The first kappa shape index (κ1) is 18.0. The molecule has 2 heteroatoms. The second-order valence-corrected chi connectivity index (χ2v) is 7.86. The fourth-order valence-corrected chi connectivity index (χ4v) is 3.52. The van der Waals surface area contributed by atoms with Crippen molar-refractivity contribution >= 4 is 0 Å². The Morgan fingerprint density at radius 1 is 1.00 bits per heavy atom. The molecule has 0 heterocycles. The van der Waals surface area contributed by atoms with Crippen LogP contribution in [0.15, 0.2) is 0 Å². The largest absolute Gasteiger partial charge is 0.312 e. The zero-order chi connectivity index (χ0) is 15.1. The van der Waals surface area contributed by atoms with Crippen molar-refractivity contribution in [2.24, 2.45) is 17.8 Å². The molecular formula is C18H38N2. The fourth-order valence-electron chi connectivity index (χ4n) is 3.52. The lowest BCUT2D eigenvalue weighted by molar-refractivity contribution is 0.236. The summed E-state index contributed by atoms with van der Waals surface area (Å²) in [5.41, 5.74) is 0. The maximum atomic E-state index is 3.87. The van der Waals surface area contributed by atoms with E-state index in [1.54, 1.807) is 0 Å². The van der Waals surface area contributed by atoms with Gasteiger partial charge in [-0.1, -0.05) is 40.5 Å². The first-order chi connectivity index (χ1) is 9.40. The molecule has 3 atom stereocenters. The van der Waals surface area contributed by atoms with Crippen LogP contribution in [0.2, 0.25) is 0 Å². The van der Waals surface area contributed by atoms with Crippen LogP contribution in [-0.2, 0) is 0 Å². The fraction of sp³-hybridized carbons (Fsp3) is 1.00. The van der Waals surface area contributed by atoms with Gasteiger partial charge in [0.25, 0.3) is 0 Å². The lowest BCUT2D eigenvalue weighted by atomic mass is 9.89. The van der Waals surface area contributed by atoms with Gasteiger partial charge in [-0.05, 0) is 57.5 Å². The minimum absolute atomic E-state index is 0.680. The highest BCUT2D eigenvalue weighted by Gasteiger charge is 2.22. The SMILES string of the molecule is CC(C)CC(CNC1CCCC(C(C)C)CC1)N(C)C. The van der Waals surface area contributed by atoms with Gasteiger partial charge in [0.2, 0.25) is 0 Å². The van der Waals surface area contributed by atoms with Crippen molar-refractivity contribution < 1.29 is 0 Å². The Balaban J connectivity index is 2.36. The van der Waals surface area contributed by atoms with Gasteiger partial charge in [-0.25, -0.2) is 0 Å². The summed E-state index contributed by atoms with van der Waals surface area (Å²) >= 11 is 0. The van der Waals surface area contributed by atoms with Gasteiger partial charge in [-0.2, -0.15) is 0 Å². The summed E-state index contributed by atoms with van der Waals surface area (Å²) in [6.45, 7) is 10.6. The third kappa shape index (κ3) is 6.58. The molecule has 0 aromatic carbocycles. The second-order valence-electron chi connectivity index (χ2n) is 7.86. The summed E-state index contributed by atoms with van der Waals surface area (Å²) in [6.07, 6.45) is 8.33. The molecule has 0 bridgehead atoms. The molecule has 1 rings (SSSR count). The van der Waals surface area contributed by atoms with E-state index in [1.807, 2.05) is 0 Å². The molecule has 1 saturated carbocycles. The second kappa shape index (κ2) is 9.04. The number of hydrogen-bond donors (Lipinski definition) is 1. The number of likely N-dealkylation sites (N-methyl/N-ethyl adjacent to an activating group) is 1. The molecule has 1 fully saturated rings. The molecule has 0 spiro atoms. The van der Waals surface area contributed by atoms with Gasteiger partial charge in [0.05, 0.1) is 0 Å². The Morgan fingerprint density at radius 3 is 2.25 bits per heavy atom. The molecular weight excluding hydrogens is 244 g/mol. The maximum Gasteiger partial charge on any atom is 0.0217 e. The standard InChI is InChI=1S/C18H38N2/c1-14(2)12-18(20(5)6)13-19-17-9-7-8-16(10-11-17)15(3)4/h14-19H,7-13H2,1-6H3. The Labute approximate surface area is 127 Å².